The second-order valence-corrected chi connectivity index (χ2v) is 7.49. The third kappa shape index (κ3) is 3.44. The Balaban J connectivity index is 1.71. The smallest absolute Gasteiger partial charge is 0.238 e. The van der Waals surface area contributed by atoms with Crippen LogP contribution in [0.1, 0.15) is 10.4 Å². The molecular formula is C18H16ClN5OS. The molecule has 0 fully saturated rings. The number of carbonyl (C=O) groups is 1. The van der Waals surface area contributed by atoms with Crippen LogP contribution in [-0.4, -0.2) is 28.3 Å². The van der Waals surface area contributed by atoms with Crippen molar-refractivity contribution >= 4 is 40.4 Å². The van der Waals surface area contributed by atoms with Crippen LogP contribution in [0.5, 0.6) is 0 Å². The van der Waals surface area contributed by atoms with Crippen molar-refractivity contribution in [3.8, 4) is 10.4 Å². The molecule has 4 N–H and O–H groups in total. The third-order valence-corrected chi connectivity index (χ3v) is 5.38. The van der Waals surface area contributed by atoms with E-state index in [1.807, 2.05) is 42.7 Å². The third-order valence-electron chi connectivity index (χ3n) is 3.96. The van der Waals surface area contributed by atoms with E-state index in [1.165, 1.54) is 0 Å². The predicted molar refractivity (Wildman–Crippen MR) is 105 cm³/mol. The second kappa shape index (κ2) is 6.86. The number of nitrogens with one attached hydrogen (secondary N) is 2. The molecule has 26 heavy (non-hydrogen) atoms. The lowest BCUT2D eigenvalue weighted by atomic mass is 10.1. The molecule has 1 aliphatic rings. The number of halogens is 1. The molecule has 3 heterocycles. The van der Waals surface area contributed by atoms with Gasteiger partial charge in [-0.2, -0.15) is 5.10 Å². The maximum absolute atomic E-state index is 11.3. The summed E-state index contributed by atoms with van der Waals surface area (Å²) in [7, 11) is 0. The Morgan fingerprint density at radius 3 is 2.85 bits per heavy atom. The van der Waals surface area contributed by atoms with Crippen LogP contribution in [0.2, 0.25) is 5.02 Å². The minimum atomic E-state index is -0.410. The molecule has 4 rings (SSSR count). The summed E-state index contributed by atoms with van der Waals surface area (Å²) >= 11 is 7.67. The van der Waals surface area contributed by atoms with Crippen molar-refractivity contribution in [3.63, 3.8) is 0 Å². The summed E-state index contributed by atoms with van der Waals surface area (Å²) in [6, 6.07) is 11.8. The fourth-order valence-electron chi connectivity index (χ4n) is 2.80. The van der Waals surface area contributed by atoms with Crippen molar-refractivity contribution < 1.29 is 4.79 Å². The van der Waals surface area contributed by atoms with Gasteiger partial charge < -0.3 is 16.0 Å². The van der Waals surface area contributed by atoms with Gasteiger partial charge in [-0.25, -0.2) is 0 Å². The maximum Gasteiger partial charge on any atom is 0.238 e. The van der Waals surface area contributed by atoms with E-state index < -0.39 is 5.91 Å². The van der Waals surface area contributed by atoms with E-state index in [1.54, 1.807) is 16.3 Å². The Morgan fingerprint density at radius 1 is 1.35 bits per heavy atom. The largest absolute Gasteiger partial charge is 0.368 e. The molecular weight excluding hydrogens is 370 g/mol. The molecule has 3 aromatic rings. The van der Waals surface area contributed by atoms with E-state index in [-0.39, 0.29) is 6.54 Å². The van der Waals surface area contributed by atoms with E-state index in [0.717, 1.165) is 26.6 Å². The highest BCUT2D eigenvalue weighted by molar-refractivity contribution is 7.15. The minimum Gasteiger partial charge on any atom is -0.368 e. The molecule has 0 aliphatic carbocycles. The SMILES string of the molecule is NC(=O)CN1Cc2sc(-c3ccc(Cl)cc3)cc2C(Nc2cc[nH]c2)=N1. The van der Waals surface area contributed by atoms with Gasteiger partial charge in [0.1, 0.15) is 6.54 Å². The molecule has 0 bridgehead atoms. The highest BCUT2D eigenvalue weighted by atomic mass is 35.5. The van der Waals surface area contributed by atoms with Crippen molar-refractivity contribution in [2.75, 3.05) is 11.9 Å². The van der Waals surface area contributed by atoms with Crippen molar-refractivity contribution in [2.24, 2.45) is 10.8 Å². The highest BCUT2D eigenvalue weighted by Gasteiger charge is 2.24. The number of amidine groups is 1. The first kappa shape index (κ1) is 16.7. The first-order valence-corrected chi connectivity index (χ1v) is 9.18. The number of aromatic amines is 1. The summed E-state index contributed by atoms with van der Waals surface area (Å²) in [5.41, 5.74) is 8.37. The Labute approximate surface area is 159 Å². The van der Waals surface area contributed by atoms with Crippen LogP contribution < -0.4 is 11.1 Å². The van der Waals surface area contributed by atoms with Crippen LogP contribution in [0.15, 0.2) is 53.9 Å². The number of nitrogens with two attached hydrogens (primary N) is 1. The topological polar surface area (TPSA) is 86.5 Å². The average molecular weight is 386 g/mol. The summed E-state index contributed by atoms with van der Waals surface area (Å²) in [5, 5.41) is 10.3. The van der Waals surface area contributed by atoms with Crippen LogP contribution in [0.4, 0.5) is 5.69 Å². The molecule has 0 spiro atoms. The quantitative estimate of drug-likeness (QED) is 0.642. The molecule has 132 valence electrons. The minimum absolute atomic E-state index is 0.0753. The number of H-pyrrole nitrogens is 1. The number of amides is 1. The number of rotatable bonds is 4. The van der Waals surface area contributed by atoms with Crippen molar-refractivity contribution in [2.45, 2.75) is 6.54 Å². The van der Waals surface area contributed by atoms with Gasteiger partial charge in [0.2, 0.25) is 5.91 Å². The summed E-state index contributed by atoms with van der Waals surface area (Å²) in [5.74, 6) is 0.288. The van der Waals surface area contributed by atoms with Gasteiger partial charge in [0, 0.05) is 32.7 Å². The molecule has 2 aromatic heterocycles. The van der Waals surface area contributed by atoms with Crippen LogP contribution >= 0.6 is 22.9 Å². The zero-order valence-electron chi connectivity index (χ0n) is 13.7. The van der Waals surface area contributed by atoms with E-state index >= 15 is 0 Å². The average Bonchev–Trinajstić information content (AvgIpc) is 3.24. The lowest BCUT2D eigenvalue weighted by molar-refractivity contribution is -0.119. The van der Waals surface area contributed by atoms with Crippen molar-refractivity contribution in [1.82, 2.24) is 9.99 Å². The summed E-state index contributed by atoms with van der Waals surface area (Å²) in [6.45, 7) is 0.626. The van der Waals surface area contributed by atoms with Crippen LogP contribution in [0.3, 0.4) is 0 Å². The number of hydrogen-bond acceptors (Lipinski definition) is 5. The molecule has 0 atom stereocenters. The number of primary amides is 1. The Bertz CT molecular complexity index is 962. The summed E-state index contributed by atoms with van der Waals surface area (Å²) < 4.78 is 0. The summed E-state index contributed by atoms with van der Waals surface area (Å²) in [4.78, 5) is 16.6. The molecule has 8 heteroatoms. The van der Waals surface area contributed by atoms with Gasteiger partial charge in [0.25, 0.3) is 0 Å². The van der Waals surface area contributed by atoms with Crippen molar-refractivity contribution in [1.29, 1.82) is 0 Å². The monoisotopic (exact) mass is 385 g/mol. The second-order valence-electron chi connectivity index (χ2n) is 5.92. The molecule has 1 amide bonds. The number of hydrogen-bond donors (Lipinski definition) is 3. The summed E-state index contributed by atoms with van der Waals surface area (Å²) in [6.07, 6.45) is 3.68. The molecule has 1 aliphatic heterocycles. The Morgan fingerprint density at radius 2 is 2.15 bits per heavy atom. The van der Waals surface area contributed by atoms with E-state index in [9.17, 15) is 4.79 Å². The predicted octanol–water partition coefficient (Wildman–Crippen LogP) is 3.47. The number of carbonyl (C=O) groups excluding carboxylic acids is 1. The number of nitrogens with zero attached hydrogens (tertiary/aromatic N) is 2. The first-order valence-electron chi connectivity index (χ1n) is 7.99. The van der Waals surface area contributed by atoms with Gasteiger partial charge in [0.15, 0.2) is 5.84 Å². The molecule has 0 unspecified atom stereocenters. The standard InChI is InChI=1S/C18H16ClN5OS/c19-12-3-1-11(2-4-12)15-7-14-16(26-15)9-24(10-17(20)25)23-18(14)22-13-5-6-21-8-13/h1-8,21H,9-10H2,(H2,20,25)(H,22,23). The number of fused-ring (bicyclic) bond motifs is 1. The normalized spacial score (nSPS) is 13.3. The van der Waals surface area contributed by atoms with Gasteiger partial charge in [-0.1, -0.05) is 23.7 Å². The molecule has 1 aromatic carbocycles. The number of thiophene rings is 1. The fourth-order valence-corrected chi connectivity index (χ4v) is 4.10. The van der Waals surface area contributed by atoms with Crippen molar-refractivity contribution in [3.05, 3.63) is 64.3 Å². The zero-order chi connectivity index (χ0) is 18.1. The zero-order valence-corrected chi connectivity index (χ0v) is 15.3. The Hall–Kier alpha value is -2.77. The highest BCUT2D eigenvalue weighted by Crippen LogP contribution is 2.35. The van der Waals surface area contributed by atoms with E-state index in [0.29, 0.717) is 17.4 Å². The lowest BCUT2D eigenvalue weighted by Gasteiger charge is -2.24. The van der Waals surface area contributed by atoms with Crippen LogP contribution in [0.25, 0.3) is 10.4 Å². The number of hydrazone groups is 1. The van der Waals surface area contributed by atoms with Gasteiger partial charge in [-0.05, 0) is 29.8 Å². The van der Waals surface area contributed by atoms with E-state index in [4.69, 9.17) is 17.3 Å². The molecule has 0 saturated heterocycles. The van der Waals surface area contributed by atoms with Gasteiger partial charge in [-0.15, -0.1) is 11.3 Å². The fraction of sp³-hybridized carbons (Fsp3) is 0.111. The van der Waals surface area contributed by atoms with Gasteiger partial charge in [0.05, 0.1) is 12.2 Å². The maximum atomic E-state index is 11.3. The van der Waals surface area contributed by atoms with Gasteiger partial charge in [-0.3, -0.25) is 9.80 Å². The van der Waals surface area contributed by atoms with Crippen LogP contribution in [0, 0.1) is 0 Å². The number of aromatic nitrogens is 1. The number of benzene rings is 1. The molecule has 6 nitrogen and oxygen atoms in total. The van der Waals surface area contributed by atoms with E-state index in [2.05, 4.69) is 21.5 Å². The Kier molecular flexibility index (Phi) is 4.40. The molecule has 0 saturated carbocycles. The number of anilines is 1. The first-order chi connectivity index (χ1) is 12.6. The van der Waals surface area contributed by atoms with Crippen LogP contribution in [-0.2, 0) is 11.3 Å². The van der Waals surface area contributed by atoms with Gasteiger partial charge >= 0.3 is 0 Å². The molecule has 0 radical (unpaired) electrons. The lowest BCUT2D eigenvalue weighted by Crippen LogP contribution is -2.34.